The highest BCUT2D eigenvalue weighted by atomic mass is 32.2. The van der Waals surface area contributed by atoms with Gasteiger partial charge in [0.05, 0.1) is 4.90 Å². The third kappa shape index (κ3) is 4.39. The zero-order valence-corrected chi connectivity index (χ0v) is 13.0. The molecular weight excluding hydrogens is 300 g/mol. The van der Waals surface area contributed by atoms with Crippen molar-refractivity contribution < 1.29 is 8.42 Å². The molecule has 19 heavy (non-hydrogen) atoms. The Morgan fingerprint density at radius 3 is 2.89 bits per heavy atom. The molecule has 0 saturated carbocycles. The van der Waals surface area contributed by atoms with Crippen LogP contribution in [0.2, 0.25) is 0 Å². The molecule has 3 N–H and O–H groups in total. The molecule has 0 radical (unpaired) electrons. The quantitative estimate of drug-likeness (QED) is 0.855. The van der Waals surface area contributed by atoms with Gasteiger partial charge in [0.15, 0.2) is 0 Å². The first-order valence-corrected chi connectivity index (χ1v) is 9.78. The number of thioether (sulfide) groups is 2. The Hall–Kier alpha value is -0.210. The molecule has 2 rings (SSSR count). The minimum atomic E-state index is -3.42. The van der Waals surface area contributed by atoms with Crippen LogP contribution in [0, 0.1) is 0 Å². The van der Waals surface area contributed by atoms with Crippen LogP contribution in [0.1, 0.15) is 5.56 Å². The van der Waals surface area contributed by atoms with Crippen LogP contribution >= 0.6 is 23.5 Å². The Balaban J connectivity index is 2.00. The number of nitrogens with two attached hydrogens (primary N) is 1. The Labute approximate surface area is 123 Å². The van der Waals surface area contributed by atoms with Crippen molar-refractivity contribution in [3.8, 4) is 0 Å². The molecule has 1 saturated heterocycles. The first kappa shape index (κ1) is 15.2. The number of nitrogens with one attached hydrogen (secondary N) is 1. The lowest BCUT2D eigenvalue weighted by atomic mass is 10.2. The lowest BCUT2D eigenvalue weighted by Gasteiger charge is -2.21. The van der Waals surface area contributed by atoms with Gasteiger partial charge in [-0.2, -0.15) is 23.5 Å². The Morgan fingerprint density at radius 2 is 2.21 bits per heavy atom. The van der Waals surface area contributed by atoms with Crippen molar-refractivity contribution in [2.24, 2.45) is 5.73 Å². The standard InChI is InChI=1S/C12H18N2O2S3/c13-7-10-2-1-3-12(6-10)19(15,16)14-8-11-9-17-4-5-18-11/h1-3,6,11,14H,4-5,7-9,13H2. The van der Waals surface area contributed by atoms with Gasteiger partial charge >= 0.3 is 0 Å². The third-order valence-corrected chi connectivity index (χ3v) is 7.10. The number of hydrogen-bond donors (Lipinski definition) is 2. The van der Waals surface area contributed by atoms with Gasteiger partial charge in [-0.25, -0.2) is 13.1 Å². The average molecular weight is 318 g/mol. The maximum Gasteiger partial charge on any atom is 0.240 e. The van der Waals surface area contributed by atoms with Crippen molar-refractivity contribution in [1.82, 2.24) is 4.72 Å². The van der Waals surface area contributed by atoms with Crippen LogP contribution in [0.4, 0.5) is 0 Å². The molecule has 1 heterocycles. The number of hydrogen-bond acceptors (Lipinski definition) is 5. The van der Waals surface area contributed by atoms with Crippen LogP contribution < -0.4 is 10.5 Å². The zero-order valence-electron chi connectivity index (χ0n) is 10.5. The second-order valence-electron chi connectivity index (χ2n) is 4.27. The molecule has 1 fully saturated rings. The highest BCUT2D eigenvalue weighted by molar-refractivity contribution is 8.06. The topological polar surface area (TPSA) is 72.2 Å². The molecule has 1 aromatic carbocycles. The molecule has 4 nitrogen and oxygen atoms in total. The van der Waals surface area contributed by atoms with Gasteiger partial charge < -0.3 is 5.73 Å². The summed E-state index contributed by atoms with van der Waals surface area (Å²) in [6, 6.07) is 6.78. The summed E-state index contributed by atoms with van der Waals surface area (Å²) < 4.78 is 27.0. The summed E-state index contributed by atoms with van der Waals surface area (Å²) in [7, 11) is -3.42. The predicted octanol–water partition coefficient (Wildman–Crippen LogP) is 1.27. The van der Waals surface area contributed by atoms with E-state index in [-0.39, 0.29) is 0 Å². The van der Waals surface area contributed by atoms with E-state index < -0.39 is 10.0 Å². The fourth-order valence-corrected chi connectivity index (χ4v) is 5.65. The van der Waals surface area contributed by atoms with Gasteiger partial charge in [-0.15, -0.1) is 0 Å². The van der Waals surface area contributed by atoms with Crippen molar-refractivity contribution in [3.05, 3.63) is 29.8 Å². The summed E-state index contributed by atoms with van der Waals surface area (Å²) in [5, 5.41) is 0.367. The first-order chi connectivity index (χ1) is 9.12. The van der Waals surface area contributed by atoms with E-state index in [1.165, 1.54) is 0 Å². The van der Waals surface area contributed by atoms with Gasteiger partial charge in [0, 0.05) is 35.6 Å². The highest BCUT2D eigenvalue weighted by Gasteiger charge is 2.19. The van der Waals surface area contributed by atoms with E-state index in [1.807, 2.05) is 29.6 Å². The van der Waals surface area contributed by atoms with Crippen LogP contribution in [0.5, 0.6) is 0 Å². The van der Waals surface area contributed by atoms with E-state index in [4.69, 9.17) is 5.73 Å². The largest absolute Gasteiger partial charge is 0.326 e. The molecule has 1 atom stereocenters. The average Bonchev–Trinajstić information content (AvgIpc) is 2.46. The summed E-state index contributed by atoms with van der Waals surface area (Å²) in [5.41, 5.74) is 6.36. The fourth-order valence-electron chi connectivity index (χ4n) is 1.78. The van der Waals surface area contributed by atoms with Gasteiger partial charge in [0.2, 0.25) is 10.0 Å². The predicted molar refractivity (Wildman–Crippen MR) is 83.1 cm³/mol. The summed E-state index contributed by atoms with van der Waals surface area (Å²) in [4.78, 5) is 0.295. The molecular formula is C12H18N2O2S3. The van der Waals surface area contributed by atoms with Crippen LogP contribution in [0.15, 0.2) is 29.2 Å². The highest BCUT2D eigenvalue weighted by Crippen LogP contribution is 2.23. The molecule has 106 valence electrons. The van der Waals surface area contributed by atoms with E-state index in [0.29, 0.717) is 23.2 Å². The molecule has 0 aromatic heterocycles. The molecule has 0 bridgehead atoms. The molecule has 1 aromatic rings. The Morgan fingerprint density at radius 1 is 1.37 bits per heavy atom. The second kappa shape index (κ2) is 6.99. The van der Waals surface area contributed by atoms with Crippen molar-refractivity contribution >= 4 is 33.5 Å². The van der Waals surface area contributed by atoms with Gasteiger partial charge in [0.1, 0.15) is 0 Å². The van der Waals surface area contributed by atoms with Crippen molar-refractivity contribution in [2.45, 2.75) is 16.7 Å². The minimum Gasteiger partial charge on any atom is -0.326 e. The number of sulfonamides is 1. The maximum atomic E-state index is 12.2. The van der Waals surface area contributed by atoms with Gasteiger partial charge in [0.25, 0.3) is 0 Å². The first-order valence-electron chi connectivity index (χ1n) is 6.10. The summed E-state index contributed by atoms with van der Waals surface area (Å²) in [6.07, 6.45) is 0. The van der Waals surface area contributed by atoms with Crippen LogP contribution in [0.3, 0.4) is 0 Å². The SMILES string of the molecule is NCc1cccc(S(=O)(=O)NCC2CSCCS2)c1. The lowest BCUT2D eigenvalue weighted by Crippen LogP contribution is -2.33. The van der Waals surface area contributed by atoms with E-state index in [2.05, 4.69) is 4.72 Å². The Kier molecular flexibility index (Phi) is 5.58. The van der Waals surface area contributed by atoms with Crippen LogP contribution in [0.25, 0.3) is 0 Å². The minimum absolute atomic E-state index is 0.295. The second-order valence-corrected chi connectivity index (χ2v) is 8.60. The van der Waals surface area contributed by atoms with E-state index in [9.17, 15) is 8.42 Å². The smallest absolute Gasteiger partial charge is 0.240 e. The monoisotopic (exact) mass is 318 g/mol. The van der Waals surface area contributed by atoms with Gasteiger partial charge in [-0.05, 0) is 17.7 Å². The van der Waals surface area contributed by atoms with E-state index in [1.54, 1.807) is 18.2 Å². The maximum absolute atomic E-state index is 12.2. The molecule has 0 amide bonds. The lowest BCUT2D eigenvalue weighted by molar-refractivity contribution is 0.581. The molecule has 1 aliphatic rings. The zero-order chi connectivity index (χ0) is 13.7. The molecule has 7 heteroatoms. The van der Waals surface area contributed by atoms with Crippen LogP contribution in [-0.4, -0.2) is 37.5 Å². The van der Waals surface area contributed by atoms with Crippen molar-refractivity contribution in [3.63, 3.8) is 0 Å². The molecule has 1 aliphatic heterocycles. The normalized spacial score (nSPS) is 20.4. The third-order valence-electron chi connectivity index (χ3n) is 2.83. The molecule has 1 unspecified atom stereocenters. The summed E-state index contributed by atoms with van der Waals surface area (Å²) >= 11 is 3.72. The molecule has 0 aliphatic carbocycles. The molecule has 0 spiro atoms. The van der Waals surface area contributed by atoms with Crippen LogP contribution in [-0.2, 0) is 16.6 Å². The van der Waals surface area contributed by atoms with Gasteiger partial charge in [-0.3, -0.25) is 0 Å². The van der Waals surface area contributed by atoms with Gasteiger partial charge in [-0.1, -0.05) is 12.1 Å². The van der Waals surface area contributed by atoms with E-state index >= 15 is 0 Å². The van der Waals surface area contributed by atoms with Crippen molar-refractivity contribution in [2.75, 3.05) is 23.8 Å². The summed E-state index contributed by atoms with van der Waals surface area (Å²) in [5.74, 6) is 3.27. The number of rotatable bonds is 5. The van der Waals surface area contributed by atoms with Crippen molar-refractivity contribution in [1.29, 1.82) is 0 Å². The van der Waals surface area contributed by atoms with E-state index in [0.717, 1.165) is 22.8 Å². The number of benzene rings is 1. The fraction of sp³-hybridized carbons (Fsp3) is 0.500. The summed E-state index contributed by atoms with van der Waals surface area (Å²) in [6.45, 7) is 0.839. The Bertz CT molecular complexity index is 513.